The zero-order valence-corrected chi connectivity index (χ0v) is 16.0. The van der Waals surface area contributed by atoms with Crippen LogP contribution < -0.4 is 4.74 Å². The first-order valence-electron chi connectivity index (χ1n) is 6.46. The van der Waals surface area contributed by atoms with Crippen LogP contribution in [-0.2, 0) is 12.2 Å². The Bertz CT molecular complexity index is 648. The Kier molecular flexibility index (Phi) is 5.12. The van der Waals surface area contributed by atoms with Crippen molar-refractivity contribution in [3.8, 4) is 5.75 Å². The molecular weight excluding hydrogens is 411 g/mol. The van der Waals surface area contributed by atoms with Crippen LogP contribution in [0.2, 0.25) is 5.02 Å². The van der Waals surface area contributed by atoms with E-state index in [0.29, 0.717) is 5.02 Å². The van der Waals surface area contributed by atoms with Gasteiger partial charge in [0.15, 0.2) is 0 Å². The largest absolute Gasteiger partial charge is 0.495 e. The summed E-state index contributed by atoms with van der Waals surface area (Å²) < 4.78 is 6.32. The molecule has 1 aromatic carbocycles. The quantitative estimate of drug-likeness (QED) is 0.536. The van der Waals surface area contributed by atoms with E-state index in [9.17, 15) is 0 Å². The molecule has 1 nitrogen and oxygen atoms in total. The van der Waals surface area contributed by atoms with Gasteiger partial charge < -0.3 is 4.74 Å². The maximum absolute atomic E-state index is 6.72. The number of ether oxygens (including phenoxy) is 1. The molecule has 2 heterocycles. The molecule has 2 aromatic rings. The van der Waals surface area contributed by atoms with Gasteiger partial charge >= 0.3 is 0 Å². The number of rotatable bonds is 3. The lowest BCUT2D eigenvalue weighted by atomic mass is 10.1. The Labute approximate surface area is 151 Å². The molecule has 1 aliphatic heterocycles. The minimum absolute atomic E-state index is 0.240. The Balaban J connectivity index is 2.02. The molecule has 0 saturated carbocycles. The average molecular weight is 424 g/mol. The summed E-state index contributed by atoms with van der Waals surface area (Å²) in [7, 11) is 1.65. The normalized spacial score (nSPS) is 15.6. The standard InChI is InChI=1S/C15H13BrCl2OS2/c1-19-15-10(5-9(17)6-11(15)16)14(18)13-4-8-7-20-3-2-12(8)21-13/h4-6,14H,2-3,7H2,1H3. The highest BCUT2D eigenvalue weighted by molar-refractivity contribution is 9.10. The molecule has 1 aromatic heterocycles. The number of methoxy groups -OCH3 is 1. The first-order chi connectivity index (χ1) is 10.1. The molecule has 1 atom stereocenters. The van der Waals surface area contributed by atoms with Crippen molar-refractivity contribution in [1.29, 1.82) is 0 Å². The smallest absolute Gasteiger partial charge is 0.138 e. The molecule has 21 heavy (non-hydrogen) atoms. The predicted octanol–water partition coefficient (Wildman–Crippen LogP) is 6.29. The van der Waals surface area contributed by atoms with Crippen molar-refractivity contribution in [3.05, 3.63) is 48.6 Å². The molecule has 0 aliphatic carbocycles. The van der Waals surface area contributed by atoms with E-state index >= 15 is 0 Å². The Morgan fingerprint density at radius 1 is 1.33 bits per heavy atom. The minimum Gasteiger partial charge on any atom is -0.495 e. The van der Waals surface area contributed by atoms with E-state index < -0.39 is 0 Å². The van der Waals surface area contributed by atoms with Crippen molar-refractivity contribution in [3.63, 3.8) is 0 Å². The lowest BCUT2D eigenvalue weighted by Crippen LogP contribution is -1.97. The van der Waals surface area contributed by atoms with Gasteiger partial charge in [-0.05, 0) is 51.9 Å². The van der Waals surface area contributed by atoms with Gasteiger partial charge in [-0.2, -0.15) is 11.8 Å². The van der Waals surface area contributed by atoms with Crippen LogP contribution in [0.5, 0.6) is 5.75 Å². The second-order valence-corrected chi connectivity index (χ2v) is 8.77. The van der Waals surface area contributed by atoms with Crippen molar-refractivity contribution >= 4 is 62.2 Å². The highest BCUT2D eigenvalue weighted by Gasteiger charge is 2.23. The number of thioether (sulfide) groups is 1. The molecule has 0 radical (unpaired) electrons. The van der Waals surface area contributed by atoms with Crippen LogP contribution in [-0.4, -0.2) is 12.9 Å². The molecule has 0 spiro atoms. The fourth-order valence-corrected chi connectivity index (χ4v) is 6.16. The summed E-state index contributed by atoms with van der Waals surface area (Å²) in [6.07, 6.45) is 1.14. The topological polar surface area (TPSA) is 9.23 Å². The lowest BCUT2D eigenvalue weighted by Gasteiger charge is -2.15. The molecule has 1 aliphatic rings. The third-order valence-electron chi connectivity index (χ3n) is 3.41. The van der Waals surface area contributed by atoms with E-state index in [1.165, 1.54) is 16.2 Å². The number of halogens is 3. The van der Waals surface area contributed by atoms with Crippen molar-refractivity contribution in [2.24, 2.45) is 0 Å². The van der Waals surface area contributed by atoms with Gasteiger partial charge in [0.05, 0.1) is 17.0 Å². The third-order valence-corrected chi connectivity index (χ3v) is 7.13. The van der Waals surface area contributed by atoms with Crippen LogP contribution in [0.25, 0.3) is 0 Å². The van der Waals surface area contributed by atoms with E-state index in [1.54, 1.807) is 7.11 Å². The van der Waals surface area contributed by atoms with E-state index in [4.69, 9.17) is 27.9 Å². The lowest BCUT2D eigenvalue weighted by molar-refractivity contribution is 0.407. The Morgan fingerprint density at radius 2 is 2.14 bits per heavy atom. The average Bonchev–Trinajstić information content (AvgIpc) is 2.89. The summed E-state index contributed by atoms with van der Waals surface area (Å²) in [4.78, 5) is 2.63. The molecule has 1 unspecified atom stereocenters. The van der Waals surface area contributed by atoms with Crippen LogP contribution >= 0.6 is 62.2 Å². The highest BCUT2D eigenvalue weighted by atomic mass is 79.9. The second kappa shape index (κ2) is 6.71. The summed E-state index contributed by atoms with van der Waals surface area (Å²) in [6.45, 7) is 0. The molecule has 0 N–H and O–H groups in total. The minimum atomic E-state index is -0.240. The monoisotopic (exact) mass is 422 g/mol. The summed E-state index contributed by atoms with van der Waals surface area (Å²) in [5, 5.41) is 0.413. The zero-order chi connectivity index (χ0) is 15.0. The number of fused-ring (bicyclic) bond motifs is 1. The van der Waals surface area contributed by atoms with Gasteiger partial charge in [0.2, 0.25) is 0 Å². The molecule has 0 fully saturated rings. The SMILES string of the molecule is COc1c(Br)cc(Cl)cc1C(Cl)c1cc2c(s1)CCSC2. The van der Waals surface area contributed by atoms with Crippen LogP contribution in [0.1, 0.15) is 26.3 Å². The summed E-state index contributed by atoms with van der Waals surface area (Å²) in [5.74, 6) is 3.04. The first kappa shape index (κ1) is 16.0. The van der Waals surface area contributed by atoms with Crippen LogP contribution in [0.15, 0.2) is 22.7 Å². The van der Waals surface area contributed by atoms with Gasteiger partial charge in [0.1, 0.15) is 5.75 Å². The van der Waals surface area contributed by atoms with E-state index in [-0.39, 0.29) is 5.38 Å². The van der Waals surface area contributed by atoms with Crippen LogP contribution in [0.3, 0.4) is 0 Å². The van der Waals surface area contributed by atoms with Gasteiger partial charge in [-0.15, -0.1) is 22.9 Å². The van der Waals surface area contributed by atoms with Gasteiger partial charge in [-0.3, -0.25) is 0 Å². The third kappa shape index (κ3) is 3.25. The first-order valence-corrected chi connectivity index (χ1v) is 10.0. The van der Waals surface area contributed by atoms with E-state index in [2.05, 4.69) is 22.0 Å². The number of benzene rings is 1. The number of hydrogen-bond acceptors (Lipinski definition) is 3. The summed E-state index contributed by atoms with van der Waals surface area (Å²) in [5.41, 5.74) is 2.33. The fourth-order valence-electron chi connectivity index (χ4n) is 2.43. The molecule has 0 bridgehead atoms. The highest BCUT2D eigenvalue weighted by Crippen LogP contribution is 2.44. The summed E-state index contributed by atoms with van der Waals surface area (Å²) >= 11 is 20.2. The molecule has 3 rings (SSSR count). The van der Waals surface area contributed by atoms with Gasteiger partial charge in [-0.25, -0.2) is 0 Å². The molecule has 0 saturated heterocycles. The molecule has 0 amide bonds. The van der Waals surface area contributed by atoms with Crippen molar-refractivity contribution < 1.29 is 4.74 Å². The molecular formula is C15H13BrCl2OS2. The van der Waals surface area contributed by atoms with Gasteiger partial charge in [0, 0.05) is 26.1 Å². The summed E-state index contributed by atoms with van der Waals surface area (Å²) in [6, 6.07) is 5.94. The van der Waals surface area contributed by atoms with Crippen molar-refractivity contribution in [2.75, 3.05) is 12.9 Å². The van der Waals surface area contributed by atoms with Gasteiger partial charge in [0.25, 0.3) is 0 Å². The van der Waals surface area contributed by atoms with Gasteiger partial charge in [-0.1, -0.05) is 11.6 Å². The van der Waals surface area contributed by atoms with Crippen LogP contribution in [0.4, 0.5) is 0 Å². The maximum Gasteiger partial charge on any atom is 0.138 e. The molecule has 112 valence electrons. The number of aryl methyl sites for hydroxylation is 1. The number of thiophene rings is 1. The maximum atomic E-state index is 6.72. The number of hydrogen-bond donors (Lipinski definition) is 0. The van der Waals surface area contributed by atoms with E-state index in [0.717, 1.165) is 32.8 Å². The Hall–Kier alpha value is 0.130. The van der Waals surface area contributed by atoms with Crippen LogP contribution in [0, 0.1) is 0 Å². The van der Waals surface area contributed by atoms with Crippen molar-refractivity contribution in [1.82, 2.24) is 0 Å². The zero-order valence-electron chi connectivity index (χ0n) is 11.3. The fraction of sp³-hybridized carbons (Fsp3) is 0.333. The molecule has 6 heteroatoms. The van der Waals surface area contributed by atoms with Crippen molar-refractivity contribution in [2.45, 2.75) is 17.6 Å². The number of alkyl halides is 1. The second-order valence-electron chi connectivity index (χ2n) is 4.77. The van der Waals surface area contributed by atoms with E-state index in [1.807, 2.05) is 35.2 Å². The Morgan fingerprint density at radius 3 is 2.86 bits per heavy atom. The predicted molar refractivity (Wildman–Crippen MR) is 97.6 cm³/mol.